The van der Waals surface area contributed by atoms with Gasteiger partial charge < -0.3 is 20.6 Å². The van der Waals surface area contributed by atoms with Crippen molar-refractivity contribution in [2.45, 2.75) is 0 Å². The van der Waals surface area contributed by atoms with Crippen LogP contribution in [0, 0.1) is 0 Å². The molecule has 1 amide bonds. The largest absolute Gasteiger partial charge is 0.872 e. The number of aromatic hydroxyl groups is 2. The molecule has 7 heteroatoms. The maximum atomic E-state index is 11.9. The number of anilines is 1. The summed E-state index contributed by atoms with van der Waals surface area (Å²) in [7, 11) is -1.91. The summed E-state index contributed by atoms with van der Waals surface area (Å²) < 4.78 is 0. The van der Waals surface area contributed by atoms with Crippen molar-refractivity contribution in [3.8, 4) is 17.2 Å². The predicted molar refractivity (Wildman–Crippen MR) is 231 cm³/mol. The number of phenolic OH excluding ortho intramolecular Hbond substituents is 2. The Hall–Kier alpha value is -7.27. The second-order valence-corrected chi connectivity index (χ2v) is 16.1. The Morgan fingerprint density at radius 3 is 1.25 bits per heavy atom. The minimum absolute atomic E-state index is 0.0675. The molecule has 8 aromatic rings. The molecule has 3 N–H and O–H groups in total. The van der Waals surface area contributed by atoms with E-state index in [1.807, 2.05) is 24.3 Å². The highest BCUT2D eigenvalue weighted by Crippen LogP contribution is 2.54. The van der Waals surface area contributed by atoms with E-state index < -0.39 is 7.26 Å². The molecule has 6 nitrogen and oxygen atoms in total. The fraction of sp³-hybridized carbons (Fsp3) is 0. The number of rotatable bonds is 8. The van der Waals surface area contributed by atoms with Crippen LogP contribution in [-0.4, -0.2) is 21.9 Å². The van der Waals surface area contributed by atoms with E-state index in [0.29, 0.717) is 11.3 Å². The van der Waals surface area contributed by atoms with Crippen molar-refractivity contribution in [1.82, 2.24) is 0 Å². The quantitative estimate of drug-likeness (QED) is 0.106. The summed E-state index contributed by atoms with van der Waals surface area (Å²) >= 11 is 0. The van der Waals surface area contributed by atoms with Crippen molar-refractivity contribution in [3.05, 3.63) is 241 Å². The van der Waals surface area contributed by atoms with Gasteiger partial charge in [0, 0.05) is 22.9 Å². The number of phenols is 2. The summed E-state index contributed by atoms with van der Waals surface area (Å²) in [4.78, 5) is 23.7. The highest BCUT2D eigenvalue weighted by atomic mass is 31.2. The van der Waals surface area contributed by atoms with Gasteiger partial charge >= 0.3 is 0 Å². The van der Waals surface area contributed by atoms with Crippen LogP contribution in [0.3, 0.4) is 0 Å². The molecule has 0 radical (unpaired) electrons. The van der Waals surface area contributed by atoms with E-state index in [1.165, 1.54) is 45.5 Å². The molecule has 0 saturated heterocycles. The molecular weight excluding hydrogens is 726 g/mol. The Bertz CT molecular complexity index is 2320. The summed E-state index contributed by atoms with van der Waals surface area (Å²) in [6, 6.07) is 71.6. The van der Waals surface area contributed by atoms with Crippen LogP contribution in [0.2, 0.25) is 0 Å². The molecule has 0 saturated carbocycles. The van der Waals surface area contributed by atoms with Crippen molar-refractivity contribution >= 4 is 45.9 Å². The Morgan fingerprint density at radius 2 is 0.825 bits per heavy atom. The van der Waals surface area contributed by atoms with E-state index in [4.69, 9.17) is 5.11 Å². The third kappa shape index (κ3) is 9.70. The average Bonchev–Trinajstić information content (AvgIpc) is 3.27. The van der Waals surface area contributed by atoms with E-state index in [0.717, 1.165) is 6.07 Å². The molecule has 8 rings (SSSR count). The van der Waals surface area contributed by atoms with Gasteiger partial charge in [-0.3, -0.25) is 9.59 Å². The smallest absolute Gasteiger partial charge is 0.255 e. The average molecular weight is 766 g/mol. The fourth-order valence-electron chi connectivity index (χ4n) is 6.33. The van der Waals surface area contributed by atoms with Crippen molar-refractivity contribution in [2.24, 2.45) is 0 Å². The number of amides is 1. The van der Waals surface area contributed by atoms with Gasteiger partial charge in [0.05, 0.1) is 5.56 Å². The number of benzene rings is 8. The Morgan fingerprint density at radius 1 is 0.439 bits per heavy atom. The molecule has 57 heavy (non-hydrogen) atoms. The maximum absolute atomic E-state index is 11.9. The van der Waals surface area contributed by atoms with Crippen molar-refractivity contribution in [1.29, 1.82) is 0 Å². The lowest BCUT2D eigenvalue weighted by molar-refractivity contribution is -0.268. The second kappa shape index (κ2) is 19.4. The SMILES string of the molecule is O=C(Nc1ccccc1)c1ccccc1[O-].O=C(c1ccccc1)c1ccc(O)cc1O.c1ccc([P+](c2ccccc2)(c2ccccc2)c2ccccc2)cc1. The number of ketones is 1. The van der Waals surface area contributed by atoms with Gasteiger partial charge in [0.15, 0.2) is 5.78 Å². The number of nitrogens with one attached hydrogen (secondary N) is 1. The van der Waals surface area contributed by atoms with Crippen LogP contribution in [0.25, 0.3) is 0 Å². The van der Waals surface area contributed by atoms with E-state index >= 15 is 0 Å². The summed E-state index contributed by atoms with van der Waals surface area (Å²) in [5.41, 5.74) is 1.52. The summed E-state index contributed by atoms with van der Waals surface area (Å²) in [6.07, 6.45) is 0. The van der Waals surface area contributed by atoms with Crippen LogP contribution in [0.4, 0.5) is 5.69 Å². The molecule has 0 unspecified atom stereocenters. The molecule has 8 aromatic carbocycles. The number of para-hydroxylation sites is 2. The molecule has 0 fully saturated rings. The van der Waals surface area contributed by atoms with Gasteiger partial charge in [0.1, 0.15) is 40.0 Å². The lowest BCUT2D eigenvalue weighted by Gasteiger charge is -2.27. The first kappa shape index (κ1) is 39.4. The predicted octanol–water partition coefficient (Wildman–Crippen LogP) is 8.65. The van der Waals surface area contributed by atoms with Crippen LogP contribution < -0.4 is 31.6 Å². The van der Waals surface area contributed by atoms with Gasteiger partial charge in [0.25, 0.3) is 5.91 Å². The lowest BCUT2D eigenvalue weighted by Crippen LogP contribution is -2.38. The summed E-state index contributed by atoms with van der Waals surface area (Å²) in [5, 5.41) is 38.3. The summed E-state index contributed by atoms with van der Waals surface area (Å²) in [6.45, 7) is 0. The standard InChI is InChI=1S/C24H20P.C13H11NO2.C13H10O3/c1-5-13-21(14-6-1)25(22-15-7-2-8-16-22,23-17-9-3-10-18-23)24-19-11-4-12-20-24;15-12-9-5-4-8-11(12)13(16)14-10-6-2-1-3-7-10;14-10-6-7-11(12(15)8-10)13(16)9-4-2-1-3-5-9/h1-20H;1-9,15H,(H,14,16);1-8,14-15H/q+1;;/p-1. The summed E-state index contributed by atoms with van der Waals surface area (Å²) in [5.74, 6) is -1.19. The molecule has 0 aromatic heterocycles. The first-order valence-electron chi connectivity index (χ1n) is 18.2. The second-order valence-electron chi connectivity index (χ2n) is 12.7. The van der Waals surface area contributed by atoms with E-state index in [1.54, 1.807) is 48.5 Å². The maximum Gasteiger partial charge on any atom is 0.255 e. The normalized spacial score (nSPS) is 10.5. The van der Waals surface area contributed by atoms with Crippen LogP contribution >= 0.6 is 7.26 Å². The minimum atomic E-state index is -1.91. The molecule has 0 aliphatic heterocycles. The Labute approximate surface area is 333 Å². The highest BCUT2D eigenvalue weighted by Gasteiger charge is 2.47. The molecule has 0 aliphatic carbocycles. The van der Waals surface area contributed by atoms with E-state index in [9.17, 15) is 19.8 Å². The molecule has 0 heterocycles. The molecule has 0 atom stereocenters. The molecule has 0 spiro atoms. The number of carbonyl (C=O) groups excluding carboxylic acids is 2. The van der Waals surface area contributed by atoms with E-state index in [2.05, 4.69) is 127 Å². The zero-order valence-electron chi connectivity index (χ0n) is 30.9. The number of hydrogen-bond acceptors (Lipinski definition) is 5. The van der Waals surface area contributed by atoms with Crippen LogP contribution in [-0.2, 0) is 0 Å². The van der Waals surface area contributed by atoms with Crippen LogP contribution in [0.15, 0.2) is 224 Å². The van der Waals surface area contributed by atoms with E-state index in [-0.39, 0.29) is 40.1 Å². The zero-order chi connectivity index (χ0) is 39.9. The lowest BCUT2D eigenvalue weighted by atomic mass is 10.0. The molecular formula is C50H40NO5P. The zero-order valence-corrected chi connectivity index (χ0v) is 31.8. The van der Waals surface area contributed by atoms with Crippen molar-refractivity contribution in [2.75, 3.05) is 5.32 Å². The number of hydrogen-bond donors (Lipinski definition) is 3. The topological polar surface area (TPSA) is 110 Å². The van der Waals surface area contributed by atoms with Crippen molar-refractivity contribution in [3.63, 3.8) is 0 Å². The molecule has 0 bridgehead atoms. The van der Waals surface area contributed by atoms with Gasteiger partial charge in [-0.25, -0.2) is 0 Å². The third-order valence-electron chi connectivity index (χ3n) is 9.00. The molecule has 280 valence electrons. The van der Waals surface area contributed by atoms with Gasteiger partial charge in [-0.2, -0.15) is 0 Å². The number of carbonyl (C=O) groups is 2. The fourth-order valence-corrected chi connectivity index (χ4v) is 10.6. The first-order chi connectivity index (χ1) is 27.9. The Balaban J connectivity index is 0.000000151. The van der Waals surface area contributed by atoms with Crippen LogP contribution in [0.5, 0.6) is 17.2 Å². The first-order valence-corrected chi connectivity index (χ1v) is 20.0. The minimum Gasteiger partial charge on any atom is -0.872 e. The van der Waals surface area contributed by atoms with Gasteiger partial charge in [-0.15, -0.1) is 0 Å². The van der Waals surface area contributed by atoms with Crippen molar-refractivity contribution < 1.29 is 24.9 Å². The van der Waals surface area contributed by atoms with Gasteiger partial charge in [-0.05, 0) is 72.8 Å². The Kier molecular flexibility index (Phi) is 13.4. The molecule has 0 aliphatic rings. The van der Waals surface area contributed by atoms with Crippen LogP contribution in [0.1, 0.15) is 26.3 Å². The monoisotopic (exact) mass is 765 g/mol. The highest BCUT2D eigenvalue weighted by molar-refractivity contribution is 8.01. The van der Waals surface area contributed by atoms with Gasteiger partial charge in [-0.1, -0.05) is 151 Å². The van der Waals surface area contributed by atoms with Gasteiger partial charge in [0.2, 0.25) is 0 Å². The third-order valence-corrected chi connectivity index (χ3v) is 13.3.